The summed E-state index contributed by atoms with van der Waals surface area (Å²) in [5.74, 6) is 0. The molecule has 0 spiro atoms. The molecule has 0 amide bonds. The zero-order valence-electron chi connectivity index (χ0n) is 11.4. The molecule has 0 aliphatic heterocycles. The van der Waals surface area contributed by atoms with Crippen LogP contribution in [0.4, 0.5) is 5.69 Å². The van der Waals surface area contributed by atoms with Gasteiger partial charge in [-0.15, -0.1) is 0 Å². The number of hydrogen-bond acceptors (Lipinski definition) is 3. The monoisotopic (exact) mass is 368 g/mol. The van der Waals surface area contributed by atoms with Crippen molar-refractivity contribution in [3.8, 4) is 0 Å². The van der Waals surface area contributed by atoms with Crippen molar-refractivity contribution in [3.05, 3.63) is 73.2 Å². The molecule has 0 saturated carbocycles. The molecule has 0 bridgehead atoms. The number of benzene rings is 2. The maximum Gasteiger partial charge on any atom is 0.283 e. The molecular formula is C15H14BrClN2O2. The molecule has 0 aromatic heterocycles. The van der Waals surface area contributed by atoms with Crippen LogP contribution < -0.4 is 0 Å². The van der Waals surface area contributed by atoms with Crippen LogP contribution in [-0.2, 0) is 13.1 Å². The van der Waals surface area contributed by atoms with E-state index in [0.717, 1.165) is 16.1 Å². The molecule has 0 radical (unpaired) electrons. The van der Waals surface area contributed by atoms with Crippen molar-refractivity contribution in [3.63, 3.8) is 0 Å². The van der Waals surface area contributed by atoms with E-state index in [2.05, 4.69) is 20.8 Å². The summed E-state index contributed by atoms with van der Waals surface area (Å²) in [6.45, 7) is 1.29. The summed E-state index contributed by atoms with van der Waals surface area (Å²) in [5.41, 5.74) is 2.01. The van der Waals surface area contributed by atoms with Gasteiger partial charge < -0.3 is 0 Å². The smallest absolute Gasteiger partial charge is 0.283 e. The fourth-order valence-corrected chi connectivity index (χ4v) is 2.67. The van der Waals surface area contributed by atoms with Crippen molar-refractivity contribution in [2.75, 3.05) is 7.05 Å². The van der Waals surface area contributed by atoms with Gasteiger partial charge in [0.05, 0.1) is 9.40 Å². The van der Waals surface area contributed by atoms with E-state index in [1.165, 1.54) is 0 Å². The van der Waals surface area contributed by atoms with E-state index in [9.17, 15) is 10.1 Å². The first-order valence-electron chi connectivity index (χ1n) is 6.32. The topological polar surface area (TPSA) is 46.4 Å². The number of nitro groups is 1. The molecule has 6 heteroatoms. The highest BCUT2D eigenvalue weighted by atomic mass is 79.9. The van der Waals surface area contributed by atoms with Gasteiger partial charge in [0.2, 0.25) is 0 Å². The molecule has 110 valence electrons. The van der Waals surface area contributed by atoms with Crippen LogP contribution in [0.25, 0.3) is 0 Å². The lowest BCUT2D eigenvalue weighted by Gasteiger charge is -2.17. The minimum atomic E-state index is -0.387. The minimum Gasteiger partial charge on any atom is -0.298 e. The average Bonchev–Trinajstić information content (AvgIpc) is 2.43. The third-order valence-electron chi connectivity index (χ3n) is 3.06. The first kappa shape index (κ1) is 15.9. The number of nitrogens with zero attached hydrogens (tertiary/aromatic N) is 2. The van der Waals surface area contributed by atoms with E-state index in [0.29, 0.717) is 17.6 Å². The summed E-state index contributed by atoms with van der Waals surface area (Å²) in [6, 6.07) is 12.8. The van der Waals surface area contributed by atoms with Gasteiger partial charge in [-0.1, -0.05) is 35.9 Å². The Bertz CT molecular complexity index is 664. The molecule has 21 heavy (non-hydrogen) atoms. The highest BCUT2D eigenvalue weighted by Crippen LogP contribution is 2.26. The summed E-state index contributed by atoms with van der Waals surface area (Å²) in [5, 5.41) is 11.7. The predicted molar refractivity (Wildman–Crippen MR) is 87.4 cm³/mol. The molecular weight excluding hydrogens is 356 g/mol. The summed E-state index contributed by atoms with van der Waals surface area (Å²) in [7, 11) is 1.96. The highest BCUT2D eigenvalue weighted by Gasteiger charge is 2.13. The minimum absolute atomic E-state index is 0.0821. The van der Waals surface area contributed by atoms with Crippen LogP contribution >= 0.6 is 27.5 Å². The van der Waals surface area contributed by atoms with Crippen molar-refractivity contribution in [1.82, 2.24) is 4.90 Å². The van der Waals surface area contributed by atoms with E-state index in [-0.39, 0.29) is 10.6 Å². The lowest BCUT2D eigenvalue weighted by molar-refractivity contribution is -0.385. The Morgan fingerprint density at radius 1 is 1.24 bits per heavy atom. The second-order valence-electron chi connectivity index (χ2n) is 4.81. The molecule has 0 unspecified atom stereocenters. The van der Waals surface area contributed by atoms with Crippen LogP contribution in [0.1, 0.15) is 11.1 Å². The standard InChI is InChI=1S/C15H14BrClN2O2/c1-18(10-12-4-2-3-5-14(12)17)9-11-6-7-13(16)15(8-11)19(20)21/h2-8H,9-10H2,1H3. The Kier molecular flexibility index (Phi) is 5.33. The Morgan fingerprint density at radius 3 is 2.62 bits per heavy atom. The summed E-state index contributed by atoms with van der Waals surface area (Å²) in [6.07, 6.45) is 0. The largest absolute Gasteiger partial charge is 0.298 e. The summed E-state index contributed by atoms with van der Waals surface area (Å²) >= 11 is 9.32. The highest BCUT2D eigenvalue weighted by molar-refractivity contribution is 9.10. The lowest BCUT2D eigenvalue weighted by Crippen LogP contribution is -2.17. The van der Waals surface area contributed by atoms with Gasteiger partial charge in [-0.25, -0.2) is 0 Å². The van der Waals surface area contributed by atoms with Crippen molar-refractivity contribution in [1.29, 1.82) is 0 Å². The van der Waals surface area contributed by atoms with Gasteiger partial charge in [-0.2, -0.15) is 0 Å². The third-order valence-corrected chi connectivity index (χ3v) is 4.10. The van der Waals surface area contributed by atoms with Crippen LogP contribution in [0.5, 0.6) is 0 Å². The van der Waals surface area contributed by atoms with E-state index < -0.39 is 0 Å². The maximum absolute atomic E-state index is 10.9. The Balaban J connectivity index is 2.09. The lowest BCUT2D eigenvalue weighted by atomic mass is 10.1. The quantitative estimate of drug-likeness (QED) is 0.569. The van der Waals surface area contributed by atoms with Gasteiger partial charge in [0, 0.05) is 24.2 Å². The van der Waals surface area contributed by atoms with Crippen molar-refractivity contribution in [2.45, 2.75) is 13.1 Å². The zero-order valence-corrected chi connectivity index (χ0v) is 13.8. The normalized spacial score (nSPS) is 10.9. The number of hydrogen-bond donors (Lipinski definition) is 0. The van der Waals surface area contributed by atoms with Gasteiger partial charge in [0.1, 0.15) is 0 Å². The van der Waals surface area contributed by atoms with Gasteiger partial charge in [0.25, 0.3) is 5.69 Å². The fraction of sp³-hybridized carbons (Fsp3) is 0.200. The molecule has 0 heterocycles. The molecule has 2 aromatic carbocycles. The second-order valence-corrected chi connectivity index (χ2v) is 6.07. The van der Waals surface area contributed by atoms with Crippen LogP contribution in [0.2, 0.25) is 5.02 Å². The Labute approximate surface area is 136 Å². The van der Waals surface area contributed by atoms with Crippen LogP contribution in [0, 0.1) is 10.1 Å². The van der Waals surface area contributed by atoms with Gasteiger partial charge in [-0.3, -0.25) is 15.0 Å². The molecule has 0 aliphatic rings. The average molecular weight is 370 g/mol. The fourth-order valence-electron chi connectivity index (χ4n) is 2.08. The van der Waals surface area contributed by atoms with Crippen molar-refractivity contribution < 1.29 is 4.92 Å². The number of rotatable bonds is 5. The van der Waals surface area contributed by atoms with Crippen LogP contribution in [0.15, 0.2) is 46.9 Å². The maximum atomic E-state index is 10.9. The number of halogens is 2. The molecule has 0 aliphatic carbocycles. The first-order valence-corrected chi connectivity index (χ1v) is 7.49. The van der Waals surface area contributed by atoms with Gasteiger partial charge >= 0.3 is 0 Å². The molecule has 0 saturated heterocycles. The van der Waals surface area contributed by atoms with Crippen molar-refractivity contribution in [2.24, 2.45) is 0 Å². The van der Waals surface area contributed by atoms with Crippen LogP contribution in [-0.4, -0.2) is 16.9 Å². The van der Waals surface area contributed by atoms with Gasteiger partial charge in [0.15, 0.2) is 0 Å². The summed E-state index contributed by atoms with van der Waals surface area (Å²) in [4.78, 5) is 12.6. The Morgan fingerprint density at radius 2 is 1.95 bits per heavy atom. The molecule has 0 atom stereocenters. The van der Waals surface area contributed by atoms with E-state index in [1.807, 2.05) is 37.4 Å². The predicted octanol–water partition coefficient (Wildman–Crippen LogP) is 4.64. The first-order chi connectivity index (χ1) is 9.97. The molecule has 0 fully saturated rings. The third kappa shape index (κ3) is 4.27. The molecule has 4 nitrogen and oxygen atoms in total. The van der Waals surface area contributed by atoms with Crippen LogP contribution in [0.3, 0.4) is 0 Å². The summed E-state index contributed by atoms with van der Waals surface area (Å²) < 4.78 is 0.491. The SMILES string of the molecule is CN(Cc1ccc(Br)c([N+](=O)[O-])c1)Cc1ccccc1Cl. The zero-order chi connectivity index (χ0) is 15.4. The molecule has 0 N–H and O–H groups in total. The van der Waals surface area contributed by atoms with E-state index in [4.69, 9.17) is 11.6 Å². The molecule has 2 aromatic rings. The Hall–Kier alpha value is -1.43. The van der Waals surface area contributed by atoms with E-state index in [1.54, 1.807) is 12.1 Å². The van der Waals surface area contributed by atoms with Crippen molar-refractivity contribution >= 4 is 33.2 Å². The van der Waals surface area contributed by atoms with Gasteiger partial charge in [-0.05, 0) is 46.2 Å². The second kappa shape index (κ2) is 7.02. The molecule has 2 rings (SSSR count). The van der Waals surface area contributed by atoms with E-state index >= 15 is 0 Å². The number of nitro benzene ring substituents is 1.